The van der Waals surface area contributed by atoms with Gasteiger partial charge in [0.15, 0.2) is 0 Å². The predicted octanol–water partition coefficient (Wildman–Crippen LogP) is 1.63. The van der Waals surface area contributed by atoms with Crippen molar-refractivity contribution in [2.75, 3.05) is 21.3 Å². The number of nitrogens with one attached hydrogen (secondary N) is 1. The second-order valence-electron chi connectivity index (χ2n) is 4.82. The molecule has 0 radical (unpaired) electrons. The highest BCUT2D eigenvalue weighted by Gasteiger charge is 2.25. The van der Waals surface area contributed by atoms with Gasteiger partial charge < -0.3 is 19.5 Å². The van der Waals surface area contributed by atoms with Crippen molar-refractivity contribution in [1.82, 2.24) is 5.32 Å². The second-order valence-corrected chi connectivity index (χ2v) is 4.82. The standard InChI is InChI=1S/C15H21NO5/c1-9(2)13(15(18)21-5)16-14(17)10-6-11(19-3)8-12(7-10)20-4/h6-9,13H,1-5H3,(H,16,17). The zero-order valence-electron chi connectivity index (χ0n) is 12.9. The topological polar surface area (TPSA) is 73.9 Å². The van der Waals surface area contributed by atoms with Crippen LogP contribution in [0.2, 0.25) is 0 Å². The van der Waals surface area contributed by atoms with Crippen molar-refractivity contribution in [2.45, 2.75) is 19.9 Å². The maximum Gasteiger partial charge on any atom is 0.328 e. The summed E-state index contributed by atoms with van der Waals surface area (Å²) in [5, 5.41) is 2.66. The Balaban J connectivity index is 2.99. The molecule has 6 nitrogen and oxygen atoms in total. The van der Waals surface area contributed by atoms with Crippen LogP contribution in [0.1, 0.15) is 24.2 Å². The Labute approximate surface area is 124 Å². The molecule has 0 saturated carbocycles. The van der Waals surface area contributed by atoms with E-state index >= 15 is 0 Å². The molecule has 0 spiro atoms. The van der Waals surface area contributed by atoms with Gasteiger partial charge in [-0.15, -0.1) is 0 Å². The average molecular weight is 295 g/mol. The van der Waals surface area contributed by atoms with Crippen molar-refractivity contribution in [2.24, 2.45) is 5.92 Å². The summed E-state index contributed by atoms with van der Waals surface area (Å²) in [6.45, 7) is 3.65. The summed E-state index contributed by atoms with van der Waals surface area (Å²) in [5.74, 6) is 0.0377. The number of methoxy groups -OCH3 is 3. The lowest BCUT2D eigenvalue weighted by Crippen LogP contribution is -2.45. The van der Waals surface area contributed by atoms with E-state index in [2.05, 4.69) is 5.32 Å². The smallest absolute Gasteiger partial charge is 0.328 e. The van der Waals surface area contributed by atoms with Crippen LogP contribution in [0, 0.1) is 5.92 Å². The van der Waals surface area contributed by atoms with Crippen LogP contribution in [0.4, 0.5) is 0 Å². The van der Waals surface area contributed by atoms with Gasteiger partial charge in [0.05, 0.1) is 21.3 Å². The molecule has 0 saturated heterocycles. The van der Waals surface area contributed by atoms with Crippen LogP contribution in [-0.2, 0) is 9.53 Å². The lowest BCUT2D eigenvalue weighted by atomic mass is 10.0. The van der Waals surface area contributed by atoms with Gasteiger partial charge in [-0.2, -0.15) is 0 Å². The number of esters is 1. The number of carbonyl (C=O) groups is 2. The largest absolute Gasteiger partial charge is 0.497 e. The van der Waals surface area contributed by atoms with Crippen LogP contribution in [0.3, 0.4) is 0 Å². The van der Waals surface area contributed by atoms with Gasteiger partial charge in [-0.1, -0.05) is 13.8 Å². The molecule has 0 fully saturated rings. The number of amides is 1. The molecular formula is C15H21NO5. The minimum Gasteiger partial charge on any atom is -0.497 e. The summed E-state index contributed by atoms with van der Waals surface area (Å²) >= 11 is 0. The first-order chi connectivity index (χ1) is 9.92. The van der Waals surface area contributed by atoms with Gasteiger partial charge in [-0.3, -0.25) is 4.79 Å². The van der Waals surface area contributed by atoms with Crippen LogP contribution in [0.5, 0.6) is 11.5 Å². The number of rotatable bonds is 6. The fourth-order valence-electron chi connectivity index (χ4n) is 1.79. The van der Waals surface area contributed by atoms with E-state index < -0.39 is 17.9 Å². The highest BCUT2D eigenvalue weighted by molar-refractivity contribution is 5.97. The van der Waals surface area contributed by atoms with Crippen molar-refractivity contribution in [3.8, 4) is 11.5 Å². The number of ether oxygens (including phenoxy) is 3. The van der Waals surface area contributed by atoms with Gasteiger partial charge in [0.25, 0.3) is 5.91 Å². The molecule has 0 aliphatic rings. The van der Waals surface area contributed by atoms with E-state index in [1.165, 1.54) is 21.3 Å². The minimum atomic E-state index is -0.709. The molecule has 1 amide bonds. The molecule has 0 aliphatic carbocycles. The first kappa shape index (κ1) is 16.8. The maximum absolute atomic E-state index is 12.3. The fourth-order valence-corrected chi connectivity index (χ4v) is 1.79. The van der Waals surface area contributed by atoms with Crippen molar-refractivity contribution in [3.05, 3.63) is 23.8 Å². The summed E-state index contributed by atoms with van der Waals surface area (Å²) in [5.41, 5.74) is 0.348. The van der Waals surface area contributed by atoms with Crippen molar-refractivity contribution in [1.29, 1.82) is 0 Å². The first-order valence-electron chi connectivity index (χ1n) is 6.54. The van der Waals surface area contributed by atoms with Gasteiger partial charge >= 0.3 is 5.97 Å². The molecule has 6 heteroatoms. The lowest BCUT2D eigenvalue weighted by molar-refractivity contribution is -0.144. The van der Waals surface area contributed by atoms with E-state index in [4.69, 9.17) is 14.2 Å². The molecule has 1 N–H and O–H groups in total. The normalized spacial score (nSPS) is 11.7. The predicted molar refractivity (Wildman–Crippen MR) is 77.7 cm³/mol. The van der Waals surface area contributed by atoms with Crippen molar-refractivity contribution < 1.29 is 23.8 Å². The van der Waals surface area contributed by atoms with E-state index in [-0.39, 0.29) is 5.92 Å². The van der Waals surface area contributed by atoms with Gasteiger partial charge in [-0.25, -0.2) is 4.79 Å². The van der Waals surface area contributed by atoms with Crippen LogP contribution < -0.4 is 14.8 Å². The van der Waals surface area contributed by atoms with E-state index in [1.54, 1.807) is 18.2 Å². The van der Waals surface area contributed by atoms with E-state index in [0.29, 0.717) is 17.1 Å². The Morgan fingerprint density at radius 1 is 1.00 bits per heavy atom. The van der Waals surface area contributed by atoms with Gasteiger partial charge in [0.2, 0.25) is 0 Å². The third-order valence-corrected chi connectivity index (χ3v) is 3.02. The minimum absolute atomic E-state index is 0.0890. The summed E-state index contributed by atoms with van der Waals surface area (Å²) in [7, 11) is 4.29. The quantitative estimate of drug-likeness (QED) is 0.807. The molecule has 1 atom stereocenters. The van der Waals surface area contributed by atoms with Gasteiger partial charge in [0.1, 0.15) is 17.5 Å². The summed E-state index contributed by atoms with van der Waals surface area (Å²) in [4.78, 5) is 24.0. The molecule has 1 unspecified atom stereocenters. The van der Waals surface area contributed by atoms with Crippen LogP contribution >= 0.6 is 0 Å². The monoisotopic (exact) mass is 295 g/mol. The number of hydrogen-bond acceptors (Lipinski definition) is 5. The molecule has 0 heterocycles. The zero-order valence-corrected chi connectivity index (χ0v) is 12.9. The highest BCUT2D eigenvalue weighted by atomic mass is 16.5. The molecule has 0 aromatic heterocycles. The Bertz CT molecular complexity index is 491. The second kappa shape index (κ2) is 7.52. The molecule has 21 heavy (non-hydrogen) atoms. The van der Waals surface area contributed by atoms with Gasteiger partial charge in [-0.05, 0) is 18.1 Å². The Morgan fingerprint density at radius 3 is 1.90 bits per heavy atom. The Hall–Kier alpha value is -2.24. The Morgan fingerprint density at radius 2 is 1.52 bits per heavy atom. The summed E-state index contributed by atoms with van der Waals surface area (Å²) < 4.78 is 14.9. The van der Waals surface area contributed by atoms with Crippen LogP contribution in [0.15, 0.2) is 18.2 Å². The van der Waals surface area contributed by atoms with Crippen LogP contribution in [0.25, 0.3) is 0 Å². The highest BCUT2D eigenvalue weighted by Crippen LogP contribution is 2.22. The van der Waals surface area contributed by atoms with E-state index in [1.807, 2.05) is 13.8 Å². The average Bonchev–Trinajstić information content (AvgIpc) is 2.50. The van der Waals surface area contributed by atoms with Crippen LogP contribution in [-0.4, -0.2) is 39.2 Å². The summed E-state index contributed by atoms with van der Waals surface area (Å²) in [6.07, 6.45) is 0. The molecule has 1 aromatic rings. The van der Waals surface area contributed by atoms with Crippen molar-refractivity contribution >= 4 is 11.9 Å². The Kier molecular flexibility index (Phi) is 6.02. The third-order valence-electron chi connectivity index (χ3n) is 3.02. The number of benzene rings is 1. The number of carbonyl (C=O) groups excluding carboxylic acids is 2. The molecule has 116 valence electrons. The van der Waals surface area contributed by atoms with E-state index in [9.17, 15) is 9.59 Å². The molecule has 1 aromatic carbocycles. The molecular weight excluding hydrogens is 274 g/mol. The number of hydrogen-bond donors (Lipinski definition) is 1. The third kappa shape index (κ3) is 4.37. The SMILES string of the molecule is COC(=O)C(NC(=O)c1cc(OC)cc(OC)c1)C(C)C. The first-order valence-corrected chi connectivity index (χ1v) is 6.54. The lowest BCUT2D eigenvalue weighted by Gasteiger charge is -2.20. The molecule has 0 bridgehead atoms. The van der Waals surface area contributed by atoms with E-state index in [0.717, 1.165) is 0 Å². The molecule has 0 aliphatic heterocycles. The molecule has 1 rings (SSSR count). The maximum atomic E-state index is 12.3. The summed E-state index contributed by atoms with van der Waals surface area (Å²) in [6, 6.07) is 4.11. The van der Waals surface area contributed by atoms with Gasteiger partial charge in [0, 0.05) is 11.6 Å². The fraction of sp³-hybridized carbons (Fsp3) is 0.467. The zero-order chi connectivity index (χ0) is 16.0. The van der Waals surface area contributed by atoms with Crippen molar-refractivity contribution in [3.63, 3.8) is 0 Å².